The molecule has 22 heavy (non-hydrogen) atoms. The number of aromatic nitrogens is 1. The van der Waals surface area contributed by atoms with Crippen LogP contribution in [0.4, 0.5) is 5.00 Å². The molecule has 0 aliphatic heterocycles. The van der Waals surface area contributed by atoms with Crippen molar-refractivity contribution >= 4 is 22.2 Å². The van der Waals surface area contributed by atoms with E-state index in [4.69, 9.17) is 5.26 Å². The molecule has 0 spiro atoms. The highest BCUT2D eigenvalue weighted by molar-refractivity contribution is 7.16. The molecule has 1 amide bonds. The molecule has 1 heterocycles. The first kappa shape index (κ1) is 16.2. The number of nitrogens with zero attached hydrogens (tertiary/aromatic N) is 3. The van der Waals surface area contributed by atoms with Gasteiger partial charge in [-0.2, -0.15) is 5.26 Å². The third-order valence-electron chi connectivity index (χ3n) is 3.28. The minimum absolute atomic E-state index is 0.0640. The number of nitriles is 1. The van der Waals surface area contributed by atoms with Crippen LogP contribution in [0.3, 0.4) is 0 Å². The van der Waals surface area contributed by atoms with Crippen LogP contribution in [0.15, 0.2) is 24.3 Å². The number of rotatable bonds is 4. The zero-order chi connectivity index (χ0) is 16.3. The number of benzene rings is 1. The fourth-order valence-electron chi connectivity index (χ4n) is 2.25. The fourth-order valence-corrected chi connectivity index (χ4v) is 3.17. The van der Waals surface area contributed by atoms with Crippen molar-refractivity contribution in [1.82, 2.24) is 4.98 Å². The van der Waals surface area contributed by atoms with Crippen molar-refractivity contribution in [3.63, 3.8) is 0 Å². The molecule has 0 bridgehead atoms. The van der Waals surface area contributed by atoms with E-state index in [1.807, 2.05) is 45.9 Å². The van der Waals surface area contributed by atoms with Crippen LogP contribution in [0.1, 0.15) is 35.7 Å². The standard InChI is InChI=1S/C17H19N3OS/c1-11(2)16(21)20(17-12(3)19-13(4)22-17)10-15-7-5-6-14(8-15)9-18/h5-8,11H,10H2,1-4H3. The first-order valence-corrected chi connectivity index (χ1v) is 7.98. The number of hydrogen-bond donors (Lipinski definition) is 0. The minimum Gasteiger partial charge on any atom is -0.298 e. The number of anilines is 1. The minimum atomic E-state index is -0.0963. The molecule has 0 radical (unpaired) electrons. The van der Waals surface area contributed by atoms with E-state index >= 15 is 0 Å². The number of aryl methyl sites for hydroxylation is 2. The highest BCUT2D eigenvalue weighted by Gasteiger charge is 2.23. The Labute approximate surface area is 135 Å². The number of carbonyl (C=O) groups is 1. The summed E-state index contributed by atoms with van der Waals surface area (Å²) >= 11 is 1.53. The Morgan fingerprint density at radius 1 is 1.41 bits per heavy atom. The Bertz CT molecular complexity index is 728. The average Bonchev–Trinajstić information content (AvgIpc) is 2.82. The summed E-state index contributed by atoms with van der Waals surface area (Å²) in [5, 5.41) is 10.9. The van der Waals surface area contributed by atoms with Crippen LogP contribution in [0, 0.1) is 31.1 Å². The first-order chi connectivity index (χ1) is 10.4. The summed E-state index contributed by atoms with van der Waals surface area (Å²) in [4.78, 5) is 18.8. The molecule has 0 aliphatic carbocycles. The van der Waals surface area contributed by atoms with Crippen molar-refractivity contribution in [2.45, 2.75) is 34.2 Å². The second-order valence-electron chi connectivity index (χ2n) is 5.51. The summed E-state index contributed by atoms with van der Waals surface area (Å²) in [5.41, 5.74) is 2.41. The predicted octanol–water partition coefficient (Wildman–Crippen LogP) is 3.82. The van der Waals surface area contributed by atoms with E-state index in [-0.39, 0.29) is 11.8 Å². The molecule has 0 aliphatic rings. The molecule has 0 fully saturated rings. The Morgan fingerprint density at radius 3 is 2.68 bits per heavy atom. The molecule has 0 unspecified atom stereocenters. The van der Waals surface area contributed by atoms with Gasteiger partial charge in [0.15, 0.2) is 0 Å². The smallest absolute Gasteiger partial charge is 0.230 e. The molecule has 0 saturated heterocycles. The van der Waals surface area contributed by atoms with Crippen LogP contribution >= 0.6 is 11.3 Å². The molecule has 4 nitrogen and oxygen atoms in total. The summed E-state index contributed by atoms with van der Waals surface area (Å²) in [7, 11) is 0. The summed E-state index contributed by atoms with van der Waals surface area (Å²) < 4.78 is 0. The lowest BCUT2D eigenvalue weighted by atomic mass is 10.1. The number of hydrogen-bond acceptors (Lipinski definition) is 4. The monoisotopic (exact) mass is 313 g/mol. The normalized spacial score (nSPS) is 10.5. The van der Waals surface area contributed by atoms with Crippen molar-refractivity contribution in [3.8, 4) is 6.07 Å². The maximum atomic E-state index is 12.6. The number of carbonyl (C=O) groups excluding carboxylic acids is 1. The van der Waals surface area contributed by atoms with Crippen molar-refractivity contribution in [3.05, 3.63) is 46.1 Å². The van der Waals surface area contributed by atoms with Crippen molar-refractivity contribution < 1.29 is 4.79 Å². The van der Waals surface area contributed by atoms with E-state index in [2.05, 4.69) is 11.1 Å². The van der Waals surface area contributed by atoms with Crippen LogP contribution in [0.5, 0.6) is 0 Å². The Morgan fingerprint density at radius 2 is 2.14 bits per heavy atom. The van der Waals surface area contributed by atoms with Gasteiger partial charge in [-0.15, -0.1) is 11.3 Å². The Balaban J connectivity index is 2.39. The topological polar surface area (TPSA) is 57.0 Å². The van der Waals surface area contributed by atoms with Crippen molar-refractivity contribution in [2.24, 2.45) is 5.92 Å². The van der Waals surface area contributed by atoms with Gasteiger partial charge in [-0.05, 0) is 31.5 Å². The molecule has 1 aromatic heterocycles. The molecule has 0 atom stereocenters. The van der Waals surface area contributed by atoms with Gasteiger partial charge in [0, 0.05) is 5.92 Å². The number of thiazole rings is 1. The largest absolute Gasteiger partial charge is 0.298 e. The van der Waals surface area contributed by atoms with Gasteiger partial charge in [0.1, 0.15) is 5.00 Å². The molecule has 1 aromatic carbocycles. The fraction of sp³-hybridized carbons (Fsp3) is 0.353. The van der Waals surface area contributed by atoms with Gasteiger partial charge >= 0.3 is 0 Å². The average molecular weight is 313 g/mol. The van der Waals surface area contributed by atoms with Gasteiger partial charge in [-0.1, -0.05) is 26.0 Å². The molecule has 2 rings (SSSR count). The van der Waals surface area contributed by atoms with E-state index in [9.17, 15) is 4.79 Å². The van der Waals surface area contributed by atoms with Crippen LogP contribution in [-0.4, -0.2) is 10.9 Å². The molecule has 0 saturated carbocycles. The molecular formula is C17H19N3OS. The van der Waals surface area contributed by atoms with Crippen molar-refractivity contribution in [2.75, 3.05) is 4.90 Å². The third-order valence-corrected chi connectivity index (χ3v) is 4.38. The second kappa shape index (κ2) is 6.71. The van der Waals surface area contributed by atoms with Gasteiger partial charge in [-0.3, -0.25) is 9.69 Å². The SMILES string of the molecule is Cc1nc(C)c(N(Cc2cccc(C#N)c2)C(=O)C(C)C)s1. The van der Waals surface area contributed by atoms with Gasteiger partial charge < -0.3 is 0 Å². The number of amides is 1. The van der Waals surface area contributed by atoms with E-state index in [1.54, 1.807) is 11.0 Å². The van der Waals surface area contributed by atoms with Gasteiger partial charge in [0.2, 0.25) is 5.91 Å². The van der Waals surface area contributed by atoms with Gasteiger partial charge in [0.05, 0.1) is 28.9 Å². The quantitative estimate of drug-likeness (QED) is 0.862. The summed E-state index contributed by atoms with van der Waals surface area (Å²) in [6, 6.07) is 9.50. The van der Waals surface area contributed by atoms with Gasteiger partial charge in [0.25, 0.3) is 0 Å². The lowest BCUT2D eigenvalue weighted by molar-refractivity contribution is -0.121. The van der Waals surface area contributed by atoms with E-state index in [0.29, 0.717) is 12.1 Å². The van der Waals surface area contributed by atoms with E-state index in [0.717, 1.165) is 21.3 Å². The summed E-state index contributed by atoms with van der Waals surface area (Å²) in [6.45, 7) is 8.10. The Hall–Kier alpha value is -2.19. The molecule has 0 N–H and O–H groups in total. The predicted molar refractivity (Wildman–Crippen MR) is 88.8 cm³/mol. The van der Waals surface area contributed by atoms with Crippen LogP contribution in [0.2, 0.25) is 0 Å². The zero-order valence-electron chi connectivity index (χ0n) is 13.3. The lowest BCUT2D eigenvalue weighted by Gasteiger charge is -2.23. The summed E-state index contributed by atoms with van der Waals surface area (Å²) in [6.07, 6.45) is 0. The highest BCUT2D eigenvalue weighted by Crippen LogP contribution is 2.30. The zero-order valence-corrected chi connectivity index (χ0v) is 14.1. The molecule has 5 heteroatoms. The third kappa shape index (κ3) is 3.52. The van der Waals surface area contributed by atoms with Crippen LogP contribution in [0.25, 0.3) is 0 Å². The lowest BCUT2D eigenvalue weighted by Crippen LogP contribution is -2.33. The maximum absolute atomic E-state index is 12.6. The highest BCUT2D eigenvalue weighted by atomic mass is 32.1. The van der Waals surface area contributed by atoms with Crippen LogP contribution in [-0.2, 0) is 11.3 Å². The maximum Gasteiger partial charge on any atom is 0.230 e. The molecular weight excluding hydrogens is 294 g/mol. The van der Waals surface area contributed by atoms with Gasteiger partial charge in [-0.25, -0.2) is 4.98 Å². The summed E-state index contributed by atoms with van der Waals surface area (Å²) in [5.74, 6) is -0.0323. The second-order valence-corrected chi connectivity index (χ2v) is 6.70. The Kier molecular flexibility index (Phi) is 4.94. The van der Waals surface area contributed by atoms with E-state index < -0.39 is 0 Å². The van der Waals surface area contributed by atoms with E-state index in [1.165, 1.54) is 11.3 Å². The van der Waals surface area contributed by atoms with Crippen molar-refractivity contribution in [1.29, 1.82) is 5.26 Å². The first-order valence-electron chi connectivity index (χ1n) is 7.16. The molecule has 2 aromatic rings. The van der Waals surface area contributed by atoms with Crippen LogP contribution < -0.4 is 4.90 Å². The molecule has 114 valence electrons.